The maximum Gasteiger partial charge on any atom is 0.0452 e. The molecule has 0 radical (unpaired) electrons. The van der Waals surface area contributed by atoms with Gasteiger partial charge in [0.15, 0.2) is 0 Å². The summed E-state index contributed by atoms with van der Waals surface area (Å²) in [5.74, 6) is 0.997. The van der Waals surface area contributed by atoms with Crippen LogP contribution in [0.4, 0.5) is 5.69 Å². The molecule has 0 amide bonds. The lowest BCUT2D eigenvalue weighted by Crippen LogP contribution is -1.91. The van der Waals surface area contributed by atoms with E-state index in [0.29, 0.717) is 0 Å². The molecular formula is C17H17NS. The first-order valence-corrected chi connectivity index (χ1v) is 7.48. The smallest absolute Gasteiger partial charge is 0.0452 e. The van der Waals surface area contributed by atoms with Crippen molar-refractivity contribution in [2.45, 2.75) is 18.2 Å². The van der Waals surface area contributed by atoms with E-state index in [1.165, 1.54) is 27.2 Å². The molecule has 0 spiro atoms. The van der Waals surface area contributed by atoms with E-state index < -0.39 is 0 Å². The SMILES string of the molecule is CC1=C(CSc2ccccc2N)c2ccccc2C1. The Bertz CT molecular complexity index is 643. The van der Waals surface area contributed by atoms with Gasteiger partial charge in [0.1, 0.15) is 0 Å². The van der Waals surface area contributed by atoms with Crippen molar-refractivity contribution in [2.75, 3.05) is 11.5 Å². The van der Waals surface area contributed by atoms with Crippen LogP contribution in [0.3, 0.4) is 0 Å². The Hall–Kier alpha value is -1.67. The molecule has 2 N–H and O–H groups in total. The minimum absolute atomic E-state index is 0.872. The van der Waals surface area contributed by atoms with E-state index in [4.69, 9.17) is 5.73 Å². The summed E-state index contributed by atoms with van der Waals surface area (Å²) in [5, 5.41) is 0. The van der Waals surface area contributed by atoms with Gasteiger partial charge in [0, 0.05) is 16.3 Å². The number of allylic oxidation sites excluding steroid dienone is 1. The molecule has 0 heterocycles. The Morgan fingerprint density at radius 1 is 1.05 bits per heavy atom. The quantitative estimate of drug-likeness (QED) is 0.659. The summed E-state index contributed by atoms with van der Waals surface area (Å²) in [7, 11) is 0. The van der Waals surface area contributed by atoms with E-state index >= 15 is 0 Å². The number of anilines is 1. The summed E-state index contributed by atoms with van der Waals surface area (Å²) >= 11 is 1.83. The van der Waals surface area contributed by atoms with Crippen LogP contribution in [0.1, 0.15) is 18.1 Å². The lowest BCUT2D eigenvalue weighted by atomic mass is 10.1. The summed E-state index contributed by atoms with van der Waals surface area (Å²) in [5.41, 5.74) is 12.7. The summed E-state index contributed by atoms with van der Waals surface area (Å²) in [6, 6.07) is 16.8. The predicted octanol–water partition coefficient (Wildman–Crippen LogP) is 4.39. The van der Waals surface area contributed by atoms with Gasteiger partial charge >= 0.3 is 0 Å². The standard InChI is InChI=1S/C17H17NS/c1-12-10-13-6-2-3-7-14(13)15(12)11-19-17-9-5-4-8-16(17)18/h2-9H,10-11,18H2,1H3. The molecule has 0 saturated carbocycles. The van der Waals surface area contributed by atoms with Gasteiger partial charge in [-0.2, -0.15) is 0 Å². The van der Waals surface area contributed by atoms with Gasteiger partial charge in [-0.3, -0.25) is 0 Å². The Labute approximate surface area is 118 Å². The van der Waals surface area contributed by atoms with E-state index in [1.807, 2.05) is 30.0 Å². The highest BCUT2D eigenvalue weighted by Gasteiger charge is 2.18. The van der Waals surface area contributed by atoms with Crippen LogP contribution in [0, 0.1) is 0 Å². The molecule has 3 rings (SSSR count). The van der Waals surface area contributed by atoms with E-state index in [1.54, 1.807) is 0 Å². The summed E-state index contributed by atoms with van der Waals surface area (Å²) < 4.78 is 0. The molecule has 2 aromatic rings. The zero-order valence-electron chi connectivity index (χ0n) is 11.0. The predicted molar refractivity (Wildman–Crippen MR) is 84.3 cm³/mol. The number of nitrogen functional groups attached to an aromatic ring is 1. The first-order valence-electron chi connectivity index (χ1n) is 6.50. The Morgan fingerprint density at radius 3 is 2.63 bits per heavy atom. The highest BCUT2D eigenvalue weighted by atomic mass is 32.2. The van der Waals surface area contributed by atoms with Gasteiger partial charge in [0.05, 0.1) is 0 Å². The van der Waals surface area contributed by atoms with Crippen LogP contribution < -0.4 is 5.73 Å². The number of hydrogen-bond acceptors (Lipinski definition) is 2. The van der Waals surface area contributed by atoms with Crippen LogP contribution in [0.15, 0.2) is 59.0 Å². The van der Waals surface area contributed by atoms with Crippen molar-refractivity contribution in [3.8, 4) is 0 Å². The van der Waals surface area contributed by atoms with Crippen LogP contribution in [-0.2, 0) is 6.42 Å². The molecule has 0 aromatic heterocycles. The van der Waals surface area contributed by atoms with Crippen LogP contribution in [0.5, 0.6) is 0 Å². The zero-order valence-corrected chi connectivity index (χ0v) is 11.8. The van der Waals surface area contributed by atoms with Crippen LogP contribution in [0.25, 0.3) is 5.57 Å². The van der Waals surface area contributed by atoms with Crippen molar-refractivity contribution < 1.29 is 0 Å². The molecule has 1 aliphatic rings. The van der Waals surface area contributed by atoms with E-state index in [0.717, 1.165) is 17.9 Å². The van der Waals surface area contributed by atoms with Gasteiger partial charge in [-0.15, -0.1) is 11.8 Å². The number of para-hydroxylation sites is 1. The first-order chi connectivity index (χ1) is 9.25. The van der Waals surface area contributed by atoms with Crippen molar-refractivity contribution in [1.82, 2.24) is 0 Å². The molecule has 2 aromatic carbocycles. The molecule has 19 heavy (non-hydrogen) atoms. The Kier molecular flexibility index (Phi) is 3.34. The molecular weight excluding hydrogens is 250 g/mol. The number of rotatable bonds is 3. The van der Waals surface area contributed by atoms with E-state index in [-0.39, 0.29) is 0 Å². The molecule has 2 heteroatoms. The fourth-order valence-electron chi connectivity index (χ4n) is 2.55. The number of benzene rings is 2. The third-order valence-electron chi connectivity index (χ3n) is 3.60. The first kappa shape index (κ1) is 12.4. The molecule has 1 aliphatic carbocycles. The molecule has 1 nitrogen and oxygen atoms in total. The summed E-state index contributed by atoms with van der Waals surface area (Å²) in [6.45, 7) is 2.24. The molecule has 0 bridgehead atoms. The third kappa shape index (κ3) is 2.41. The van der Waals surface area contributed by atoms with E-state index in [9.17, 15) is 0 Å². The fourth-order valence-corrected chi connectivity index (χ4v) is 3.67. The minimum Gasteiger partial charge on any atom is -0.398 e. The Balaban J connectivity index is 1.81. The molecule has 96 valence electrons. The van der Waals surface area contributed by atoms with E-state index in [2.05, 4.69) is 37.3 Å². The number of nitrogens with two attached hydrogens (primary N) is 1. The maximum atomic E-state index is 6.00. The second-order valence-electron chi connectivity index (χ2n) is 4.92. The normalized spacial score (nSPS) is 13.7. The monoisotopic (exact) mass is 267 g/mol. The highest BCUT2D eigenvalue weighted by Crippen LogP contribution is 2.37. The second kappa shape index (κ2) is 5.14. The number of hydrogen-bond donors (Lipinski definition) is 1. The second-order valence-corrected chi connectivity index (χ2v) is 5.94. The van der Waals surface area contributed by atoms with Crippen molar-refractivity contribution in [1.29, 1.82) is 0 Å². The summed E-state index contributed by atoms with van der Waals surface area (Å²) in [4.78, 5) is 1.17. The van der Waals surface area contributed by atoms with Gasteiger partial charge in [0.2, 0.25) is 0 Å². The van der Waals surface area contributed by atoms with Crippen LogP contribution in [-0.4, -0.2) is 5.75 Å². The van der Waals surface area contributed by atoms with Crippen LogP contribution >= 0.6 is 11.8 Å². The molecule has 0 saturated heterocycles. The maximum absolute atomic E-state index is 6.00. The van der Waals surface area contributed by atoms with Crippen molar-refractivity contribution in [3.63, 3.8) is 0 Å². The molecule has 0 aliphatic heterocycles. The molecule has 0 unspecified atom stereocenters. The topological polar surface area (TPSA) is 26.0 Å². The van der Waals surface area contributed by atoms with Gasteiger partial charge in [-0.05, 0) is 42.2 Å². The van der Waals surface area contributed by atoms with Gasteiger partial charge in [-0.1, -0.05) is 42.0 Å². The van der Waals surface area contributed by atoms with Crippen molar-refractivity contribution in [3.05, 3.63) is 65.2 Å². The minimum atomic E-state index is 0.872. The summed E-state index contributed by atoms with van der Waals surface area (Å²) in [6.07, 6.45) is 1.09. The average Bonchev–Trinajstić information content (AvgIpc) is 2.74. The molecule has 0 atom stereocenters. The lowest BCUT2D eigenvalue weighted by Gasteiger charge is -2.08. The van der Waals surface area contributed by atoms with Crippen molar-refractivity contribution in [2.24, 2.45) is 0 Å². The fraction of sp³-hybridized carbons (Fsp3) is 0.176. The Morgan fingerprint density at radius 2 is 1.79 bits per heavy atom. The van der Waals surface area contributed by atoms with Gasteiger partial charge < -0.3 is 5.73 Å². The highest BCUT2D eigenvalue weighted by molar-refractivity contribution is 7.99. The third-order valence-corrected chi connectivity index (χ3v) is 4.72. The number of thioether (sulfide) groups is 1. The zero-order chi connectivity index (χ0) is 13.2. The van der Waals surface area contributed by atoms with Crippen molar-refractivity contribution >= 4 is 23.0 Å². The average molecular weight is 267 g/mol. The van der Waals surface area contributed by atoms with Gasteiger partial charge in [-0.25, -0.2) is 0 Å². The largest absolute Gasteiger partial charge is 0.398 e. The lowest BCUT2D eigenvalue weighted by molar-refractivity contribution is 1.19. The van der Waals surface area contributed by atoms with Gasteiger partial charge in [0.25, 0.3) is 0 Å². The number of fused-ring (bicyclic) bond motifs is 1. The molecule has 0 fully saturated rings. The van der Waals surface area contributed by atoms with Crippen LogP contribution in [0.2, 0.25) is 0 Å².